The molecule has 2 rings (SSSR count). The summed E-state index contributed by atoms with van der Waals surface area (Å²) < 4.78 is 27.4. The molecule has 0 fully saturated rings. The SMILES string of the molecule is CCc1cnc(CNS(=O)(=O)c2cc(Br)cnc2Cl)s1. The third kappa shape index (κ3) is 3.76. The summed E-state index contributed by atoms with van der Waals surface area (Å²) in [7, 11) is -3.72. The molecule has 0 aromatic carbocycles. The van der Waals surface area contributed by atoms with Crippen molar-refractivity contribution >= 4 is 48.9 Å². The number of hydrogen-bond acceptors (Lipinski definition) is 5. The summed E-state index contributed by atoms with van der Waals surface area (Å²) in [5.74, 6) is 0. The molecule has 2 aromatic heterocycles. The molecule has 0 aliphatic heterocycles. The minimum Gasteiger partial charge on any atom is -0.248 e. The lowest BCUT2D eigenvalue weighted by molar-refractivity contribution is 0.580. The van der Waals surface area contributed by atoms with Crippen LogP contribution in [-0.4, -0.2) is 18.4 Å². The van der Waals surface area contributed by atoms with Crippen LogP contribution in [-0.2, 0) is 23.0 Å². The van der Waals surface area contributed by atoms with E-state index in [1.807, 2.05) is 6.92 Å². The number of sulfonamides is 1. The Hall–Kier alpha value is -0.540. The minimum absolute atomic E-state index is 0.0548. The highest BCUT2D eigenvalue weighted by molar-refractivity contribution is 9.10. The summed E-state index contributed by atoms with van der Waals surface area (Å²) in [4.78, 5) is 9.02. The van der Waals surface area contributed by atoms with Crippen molar-refractivity contribution in [1.29, 1.82) is 0 Å². The Bertz CT molecular complexity index is 718. The molecule has 0 amide bonds. The van der Waals surface area contributed by atoms with Gasteiger partial charge in [0.1, 0.15) is 15.1 Å². The molecule has 1 N–H and O–H groups in total. The molecule has 108 valence electrons. The van der Waals surface area contributed by atoms with Crippen LogP contribution in [0.25, 0.3) is 0 Å². The third-order valence-corrected chi connectivity index (χ3v) is 5.83. The maximum absolute atomic E-state index is 12.2. The number of thiazole rings is 1. The monoisotopic (exact) mass is 395 g/mol. The zero-order valence-electron chi connectivity index (χ0n) is 10.4. The largest absolute Gasteiger partial charge is 0.248 e. The average molecular weight is 397 g/mol. The molecule has 0 saturated heterocycles. The van der Waals surface area contributed by atoms with E-state index in [2.05, 4.69) is 30.6 Å². The number of aryl methyl sites for hydroxylation is 1. The summed E-state index contributed by atoms with van der Waals surface area (Å²) >= 11 is 10.5. The summed E-state index contributed by atoms with van der Waals surface area (Å²) in [5, 5.41) is 0.651. The fraction of sp³-hybridized carbons (Fsp3) is 0.273. The molecule has 0 bridgehead atoms. The molecular formula is C11H11BrClN3O2S2. The van der Waals surface area contributed by atoms with E-state index >= 15 is 0 Å². The molecule has 0 aliphatic rings. The molecule has 0 atom stereocenters. The molecule has 2 aromatic rings. The number of nitrogens with zero attached hydrogens (tertiary/aromatic N) is 2. The quantitative estimate of drug-likeness (QED) is 0.789. The van der Waals surface area contributed by atoms with Crippen molar-refractivity contribution in [2.75, 3.05) is 0 Å². The maximum atomic E-state index is 12.2. The molecule has 2 heterocycles. The van der Waals surface area contributed by atoms with Gasteiger partial charge in [-0.1, -0.05) is 18.5 Å². The third-order valence-electron chi connectivity index (χ3n) is 2.43. The second-order valence-electron chi connectivity index (χ2n) is 3.84. The van der Waals surface area contributed by atoms with E-state index < -0.39 is 10.0 Å². The van der Waals surface area contributed by atoms with Gasteiger partial charge in [0.2, 0.25) is 10.0 Å². The Balaban J connectivity index is 2.17. The van der Waals surface area contributed by atoms with Gasteiger partial charge >= 0.3 is 0 Å². The van der Waals surface area contributed by atoms with Gasteiger partial charge in [-0.3, -0.25) is 0 Å². The van der Waals surface area contributed by atoms with Gasteiger partial charge < -0.3 is 0 Å². The van der Waals surface area contributed by atoms with Crippen LogP contribution in [0.5, 0.6) is 0 Å². The topological polar surface area (TPSA) is 72.0 Å². The van der Waals surface area contributed by atoms with Crippen molar-refractivity contribution in [3.63, 3.8) is 0 Å². The van der Waals surface area contributed by atoms with E-state index in [-0.39, 0.29) is 16.6 Å². The Morgan fingerprint density at radius 1 is 1.40 bits per heavy atom. The predicted octanol–water partition coefficient (Wildman–Crippen LogP) is 2.99. The summed E-state index contributed by atoms with van der Waals surface area (Å²) in [6.07, 6.45) is 4.07. The molecule has 5 nitrogen and oxygen atoms in total. The van der Waals surface area contributed by atoms with Gasteiger partial charge in [0, 0.05) is 21.7 Å². The van der Waals surface area contributed by atoms with Crippen molar-refractivity contribution in [2.45, 2.75) is 24.8 Å². The predicted molar refractivity (Wildman–Crippen MR) is 82.5 cm³/mol. The summed E-state index contributed by atoms with van der Waals surface area (Å²) in [6, 6.07) is 1.41. The van der Waals surface area contributed by atoms with Crippen LogP contribution in [0, 0.1) is 0 Å². The van der Waals surface area contributed by atoms with Crippen molar-refractivity contribution in [2.24, 2.45) is 0 Å². The number of nitrogens with one attached hydrogen (secondary N) is 1. The van der Waals surface area contributed by atoms with Crippen LogP contribution in [0.1, 0.15) is 16.8 Å². The van der Waals surface area contributed by atoms with Crippen LogP contribution in [0.2, 0.25) is 5.15 Å². The first-order valence-electron chi connectivity index (χ1n) is 5.66. The normalized spacial score (nSPS) is 11.8. The fourth-order valence-electron chi connectivity index (χ4n) is 1.42. The van der Waals surface area contributed by atoms with Crippen molar-refractivity contribution in [3.05, 3.63) is 38.0 Å². The molecule has 0 saturated carbocycles. The molecule has 9 heteroatoms. The van der Waals surface area contributed by atoms with Gasteiger partial charge in [0.15, 0.2) is 0 Å². The second kappa shape index (κ2) is 6.48. The lowest BCUT2D eigenvalue weighted by Crippen LogP contribution is -2.23. The van der Waals surface area contributed by atoms with Gasteiger partial charge in [-0.2, -0.15) is 0 Å². The lowest BCUT2D eigenvalue weighted by atomic mass is 10.4. The van der Waals surface area contributed by atoms with Crippen molar-refractivity contribution < 1.29 is 8.42 Å². The first-order valence-corrected chi connectivity index (χ1v) is 9.13. The second-order valence-corrected chi connectivity index (χ2v) is 8.05. The standard InChI is InChI=1S/C11H11BrClN3O2S2/c1-2-8-5-14-10(19-8)6-16-20(17,18)9-3-7(12)4-15-11(9)13/h3-5,16H,2,6H2,1H3. The highest BCUT2D eigenvalue weighted by Gasteiger charge is 2.19. The Kier molecular flexibility index (Phi) is 5.14. The fourth-order valence-corrected chi connectivity index (χ4v) is 4.24. The Morgan fingerprint density at radius 3 is 2.80 bits per heavy atom. The van der Waals surface area contributed by atoms with E-state index in [0.29, 0.717) is 9.48 Å². The van der Waals surface area contributed by atoms with Gasteiger partial charge in [0.25, 0.3) is 0 Å². The first-order chi connectivity index (χ1) is 9.42. The highest BCUT2D eigenvalue weighted by atomic mass is 79.9. The van der Waals surface area contributed by atoms with Gasteiger partial charge in [0.05, 0.1) is 6.54 Å². The maximum Gasteiger partial charge on any atom is 0.244 e. The van der Waals surface area contributed by atoms with Gasteiger partial charge in [-0.05, 0) is 28.4 Å². The molecule has 0 unspecified atom stereocenters. The molecule has 0 spiro atoms. The summed E-state index contributed by atoms with van der Waals surface area (Å²) in [5.41, 5.74) is 0. The molecule has 20 heavy (non-hydrogen) atoms. The number of hydrogen-bond donors (Lipinski definition) is 1. The van der Waals surface area contributed by atoms with E-state index in [4.69, 9.17) is 11.6 Å². The van der Waals surface area contributed by atoms with Crippen LogP contribution in [0.15, 0.2) is 27.8 Å². The van der Waals surface area contributed by atoms with Gasteiger partial charge in [-0.15, -0.1) is 11.3 Å². The molecule has 0 radical (unpaired) electrons. The minimum atomic E-state index is -3.72. The Morgan fingerprint density at radius 2 is 2.15 bits per heavy atom. The summed E-state index contributed by atoms with van der Waals surface area (Å²) in [6.45, 7) is 2.16. The zero-order valence-corrected chi connectivity index (χ0v) is 14.4. The van der Waals surface area contributed by atoms with Crippen LogP contribution >= 0.6 is 38.9 Å². The number of pyridine rings is 1. The van der Waals surface area contributed by atoms with Crippen LogP contribution < -0.4 is 4.72 Å². The molecule has 0 aliphatic carbocycles. The number of rotatable bonds is 5. The van der Waals surface area contributed by atoms with Crippen LogP contribution in [0.4, 0.5) is 0 Å². The van der Waals surface area contributed by atoms with Crippen LogP contribution in [0.3, 0.4) is 0 Å². The first kappa shape index (κ1) is 15.8. The zero-order chi connectivity index (χ0) is 14.8. The number of halogens is 2. The smallest absolute Gasteiger partial charge is 0.244 e. The van der Waals surface area contributed by atoms with E-state index in [9.17, 15) is 8.42 Å². The van der Waals surface area contributed by atoms with E-state index in [1.165, 1.54) is 23.6 Å². The average Bonchev–Trinajstić information content (AvgIpc) is 2.87. The highest BCUT2D eigenvalue weighted by Crippen LogP contribution is 2.23. The van der Waals surface area contributed by atoms with Crippen molar-refractivity contribution in [1.82, 2.24) is 14.7 Å². The van der Waals surface area contributed by atoms with Crippen molar-refractivity contribution in [3.8, 4) is 0 Å². The van der Waals surface area contributed by atoms with E-state index in [1.54, 1.807) is 6.20 Å². The lowest BCUT2D eigenvalue weighted by Gasteiger charge is -2.06. The van der Waals surface area contributed by atoms with E-state index in [0.717, 1.165) is 11.3 Å². The molecular weight excluding hydrogens is 386 g/mol. The number of aromatic nitrogens is 2. The van der Waals surface area contributed by atoms with Gasteiger partial charge in [-0.25, -0.2) is 23.1 Å². The Labute approximate surface area is 134 Å².